The lowest BCUT2D eigenvalue weighted by Gasteiger charge is -2.27. The SMILES string of the molecule is CCC1CCC(c2ccc(O)cn2)CC1. The Hall–Kier alpha value is -1.05. The van der Waals surface area contributed by atoms with Crippen LogP contribution in [0.5, 0.6) is 5.75 Å². The Morgan fingerprint density at radius 1 is 1.27 bits per heavy atom. The van der Waals surface area contributed by atoms with E-state index in [0.29, 0.717) is 5.92 Å². The average Bonchev–Trinajstić information content (AvgIpc) is 2.30. The summed E-state index contributed by atoms with van der Waals surface area (Å²) in [5, 5.41) is 9.17. The first-order chi connectivity index (χ1) is 7.29. The van der Waals surface area contributed by atoms with Gasteiger partial charge in [-0.05, 0) is 43.7 Å². The zero-order valence-electron chi connectivity index (χ0n) is 9.32. The monoisotopic (exact) mass is 205 g/mol. The van der Waals surface area contributed by atoms with Crippen molar-refractivity contribution in [1.29, 1.82) is 0 Å². The number of hydrogen-bond donors (Lipinski definition) is 1. The molecule has 1 aromatic rings. The van der Waals surface area contributed by atoms with Crippen LogP contribution in [0, 0.1) is 5.92 Å². The number of aromatic hydroxyl groups is 1. The van der Waals surface area contributed by atoms with Crippen molar-refractivity contribution in [1.82, 2.24) is 4.98 Å². The molecule has 2 rings (SSSR count). The summed E-state index contributed by atoms with van der Waals surface area (Å²) < 4.78 is 0. The molecule has 0 saturated heterocycles. The standard InChI is InChI=1S/C13H19NO/c1-2-10-3-5-11(6-4-10)13-8-7-12(15)9-14-13/h7-11,15H,2-6H2,1H3. The molecule has 0 aromatic carbocycles. The van der Waals surface area contributed by atoms with Crippen LogP contribution in [0.15, 0.2) is 18.3 Å². The molecule has 0 unspecified atom stereocenters. The maximum Gasteiger partial charge on any atom is 0.133 e. The molecule has 1 aliphatic rings. The van der Waals surface area contributed by atoms with Gasteiger partial charge in [-0.25, -0.2) is 0 Å². The van der Waals surface area contributed by atoms with Gasteiger partial charge in [0.2, 0.25) is 0 Å². The van der Waals surface area contributed by atoms with E-state index in [0.717, 1.165) is 11.6 Å². The molecule has 0 amide bonds. The van der Waals surface area contributed by atoms with Crippen molar-refractivity contribution in [2.24, 2.45) is 5.92 Å². The van der Waals surface area contributed by atoms with Gasteiger partial charge in [0.1, 0.15) is 5.75 Å². The summed E-state index contributed by atoms with van der Waals surface area (Å²) in [6.07, 6.45) is 8.07. The van der Waals surface area contributed by atoms with Crippen LogP contribution in [0.2, 0.25) is 0 Å². The highest BCUT2D eigenvalue weighted by atomic mass is 16.3. The zero-order valence-corrected chi connectivity index (χ0v) is 9.32. The van der Waals surface area contributed by atoms with Gasteiger partial charge in [-0.1, -0.05) is 13.3 Å². The predicted molar refractivity (Wildman–Crippen MR) is 60.9 cm³/mol. The fourth-order valence-corrected chi connectivity index (χ4v) is 2.51. The van der Waals surface area contributed by atoms with Gasteiger partial charge in [-0.2, -0.15) is 0 Å². The topological polar surface area (TPSA) is 33.1 Å². The summed E-state index contributed by atoms with van der Waals surface area (Å²) in [5.74, 6) is 1.81. The lowest BCUT2D eigenvalue weighted by atomic mass is 9.79. The van der Waals surface area contributed by atoms with Crippen LogP contribution in [0.25, 0.3) is 0 Å². The van der Waals surface area contributed by atoms with E-state index in [-0.39, 0.29) is 5.75 Å². The van der Waals surface area contributed by atoms with Crippen molar-refractivity contribution >= 4 is 0 Å². The van der Waals surface area contributed by atoms with Crippen molar-refractivity contribution in [2.45, 2.75) is 44.9 Å². The maximum absolute atomic E-state index is 9.17. The molecule has 1 saturated carbocycles. The molecule has 1 heterocycles. The molecule has 1 aliphatic carbocycles. The number of pyridine rings is 1. The molecule has 1 aromatic heterocycles. The highest BCUT2D eigenvalue weighted by Crippen LogP contribution is 2.36. The Bertz CT molecular complexity index is 299. The molecular weight excluding hydrogens is 186 g/mol. The summed E-state index contributed by atoms with van der Waals surface area (Å²) in [6.45, 7) is 2.28. The summed E-state index contributed by atoms with van der Waals surface area (Å²) in [6, 6.07) is 3.71. The van der Waals surface area contributed by atoms with Crippen molar-refractivity contribution in [3.05, 3.63) is 24.0 Å². The van der Waals surface area contributed by atoms with E-state index in [4.69, 9.17) is 0 Å². The van der Waals surface area contributed by atoms with Crippen molar-refractivity contribution in [3.63, 3.8) is 0 Å². The fourth-order valence-electron chi connectivity index (χ4n) is 2.51. The van der Waals surface area contributed by atoms with E-state index in [1.54, 1.807) is 12.3 Å². The molecule has 15 heavy (non-hydrogen) atoms. The number of rotatable bonds is 2. The Balaban J connectivity index is 1.98. The smallest absolute Gasteiger partial charge is 0.133 e. The van der Waals surface area contributed by atoms with Crippen LogP contribution in [0.1, 0.15) is 50.6 Å². The zero-order chi connectivity index (χ0) is 10.7. The van der Waals surface area contributed by atoms with Gasteiger partial charge in [0.15, 0.2) is 0 Å². The molecule has 1 fully saturated rings. The Kier molecular flexibility index (Phi) is 3.24. The molecule has 2 heteroatoms. The molecule has 1 N–H and O–H groups in total. The van der Waals surface area contributed by atoms with Gasteiger partial charge in [0.25, 0.3) is 0 Å². The molecule has 2 nitrogen and oxygen atoms in total. The largest absolute Gasteiger partial charge is 0.506 e. The molecule has 0 radical (unpaired) electrons. The summed E-state index contributed by atoms with van der Waals surface area (Å²) in [7, 11) is 0. The quantitative estimate of drug-likeness (QED) is 0.802. The summed E-state index contributed by atoms with van der Waals surface area (Å²) >= 11 is 0. The molecule has 0 aliphatic heterocycles. The van der Waals surface area contributed by atoms with Crippen molar-refractivity contribution in [3.8, 4) is 5.75 Å². The van der Waals surface area contributed by atoms with Crippen LogP contribution >= 0.6 is 0 Å². The van der Waals surface area contributed by atoms with Crippen molar-refractivity contribution < 1.29 is 5.11 Å². The molecule has 0 spiro atoms. The van der Waals surface area contributed by atoms with Crippen LogP contribution in [-0.2, 0) is 0 Å². The van der Waals surface area contributed by atoms with E-state index in [1.165, 1.54) is 32.1 Å². The Morgan fingerprint density at radius 3 is 2.53 bits per heavy atom. The van der Waals surface area contributed by atoms with Gasteiger partial charge in [-0.3, -0.25) is 4.98 Å². The fraction of sp³-hybridized carbons (Fsp3) is 0.615. The highest BCUT2D eigenvalue weighted by molar-refractivity contribution is 5.20. The van der Waals surface area contributed by atoms with E-state index in [1.807, 2.05) is 6.07 Å². The van der Waals surface area contributed by atoms with Crippen LogP contribution in [-0.4, -0.2) is 10.1 Å². The summed E-state index contributed by atoms with van der Waals surface area (Å²) in [4.78, 5) is 4.30. The first-order valence-electron chi connectivity index (χ1n) is 5.94. The second-order valence-electron chi connectivity index (χ2n) is 4.57. The normalized spacial score (nSPS) is 26.5. The predicted octanol–water partition coefficient (Wildman–Crippen LogP) is 3.47. The van der Waals surface area contributed by atoms with Gasteiger partial charge in [0.05, 0.1) is 6.20 Å². The minimum absolute atomic E-state index is 0.265. The van der Waals surface area contributed by atoms with E-state index in [9.17, 15) is 5.11 Å². The lowest BCUT2D eigenvalue weighted by Crippen LogP contribution is -2.13. The second-order valence-corrected chi connectivity index (χ2v) is 4.57. The van der Waals surface area contributed by atoms with Gasteiger partial charge in [0, 0.05) is 11.6 Å². The third-order valence-electron chi connectivity index (χ3n) is 3.61. The highest BCUT2D eigenvalue weighted by Gasteiger charge is 2.21. The molecule has 0 bridgehead atoms. The van der Waals surface area contributed by atoms with Gasteiger partial charge in [-0.15, -0.1) is 0 Å². The minimum atomic E-state index is 0.265. The Morgan fingerprint density at radius 2 is 2.00 bits per heavy atom. The van der Waals surface area contributed by atoms with E-state index >= 15 is 0 Å². The van der Waals surface area contributed by atoms with Crippen LogP contribution in [0.4, 0.5) is 0 Å². The van der Waals surface area contributed by atoms with Gasteiger partial charge >= 0.3 is 0 Å². The third-order valence-corrected chi connectivity index (χ3v) is 3.61. The molecular formula is C13H19NO. The third kappa shape index (κ3) is 2.49. The summed E-state index contributed by atoms with van der Waals surface area (Å²) in [5.41, 5.74) is 1.15. The molecule has 0 atom stereocenters. The van der Waals surface area contributed by atoms with Crippen LogP contribution in [0.3, 0.4) is 0 Å². The van der Waals surface area contributed by atoms with Gasteiger partial charge < -0.3 is 5.11 Å². The number of aromatic nitrogens is 1. The minimum Gasteiger partial charge on any atom is -0.506 e. The van der Waals surface area contributed by atoms with Crippen LogP contribution < -0.4 is 0 Å². The number of nitrogens with zero attached hydrogens (tertiary/aromatic N) is 1. The van der Waals surface area contributed by atoms with Crippen molar-refractivity contribution in [2.75, 3.05) is 0 Å². The first-order valence-corrected chi connectivity index (χ1v) is 5.94. The maximum atomic E-state index is 9.17. The second kappa shape index (κ2) is 4.65. The first kappa shape index (κ1) is 10.5. The average molecular weight is 205 g/mol. The lowest BCUT2D eigenvalue weighted by molar-refractivity contribution is 0.315. The molecule has 82 valence electrons. The van der Waals surface area contributed by atoms with E-state index < -0.39 is 0 Å². The van der Waals surface area contributed by atoms with E-state index in [2.05, 4.69) is 11.9 Å². The number of hydrogen-bond acceptors (Lipinski definition) is 2. The Labute approximate surface area is 91.4 Å².